The van der Waals surface area contributed by atoms with E-state index in [4.69, 9.17) is 0 Å². The first-order chi connectivity index (χ1) is 12.4. The van der Waals surface area contributed by atoms with Crippen LogP contribution < -0.4 is 0 Å². The van der Waals surface area contributed by atoms with Gasteiger partial charge in [0.2, 0.25) is 0 Å². The Balaban J connectivity index is 2.52. The van der Waals surface area contributed by atoms with E-state index in [1.54, 1.807) is 0 Å². The maximum absolute atomic E-state index is 12.8. The maximum atomic E-state index is 12.8. The Morgan fingerprint density at radius 1 is 1.04 bits per heavy atom. The highest BCUT2D eigenvalue weighted by atomic mass is 32.5. The second-order valence-corrected chi connectivity index (χ2v) is 11.4. The zero-order valence-electron chi connectivity index (χ0n) is 14.7. The van der Waals surface area contributed by atoms with Crippen molar-refractivity contribution in [2.45, 2.75) is 26.5 Å². The van der Waals surface area contributed by atoms with E-state index in [1.807, 2.05) is 0 Å². The van der Waals surface area contributed by atoms with Crippen molar-refractivity contribution in [1.29, 1.82) is 0 Å². The summed E-state index contributed by atoms with van der Waals surface area (Å²) >= 11 is 0.770. The minimum atomic E-state index is -9.79. The third-order valence-corrected chi connectivity index (χ3v) is 7.09. The van der Waals surface area contributed by atoms with Gasteiger partial charge < -0.3 is 4.74 Å². The molecule has 0 saturated carbocycles. The molecule has 0 heterocycles. The van der Waals surface area contributed by atoms with Gasteiger partial charge in [0.25, 0.3) is 0 Å². The molecule has 156 valence electrons. The van der Waals surface area contributed by atoms with Crippen molar-refractivity contribution in [3.05, 3.63) is 47.5 Å². The standard InChI is InChI=1S/C16H15F5O4S3/c1-10-8-14(15(27(3,23)24)9-13(10)16(22)25-2)26-11-4-6-12(7-5-11)28(17,18,19,20)21/h4-9H,1-3H3. The van der Waals surface area contributed by atoms with E-state index >= 15 is 0 Å². The normalized spacial score (nSPS) is 14.9. The number of hydrogen-bond acceptors (Lipinski definition) is 5. The van der Waals surface area contributed by atoms with Crippen LogP contribution in [0.25, 0.3) is 0 Å². The molecule has 2 rings (SSSR count). The number of carbonyl (C=O) groups is 1. The van der Waals surface area contributed by atoms with Crippen LogP contribution in [0.1, 0.15) is 15.9 Å². The van der Waals surface area contributed by atoms with Crippen LogP contribution >= 0.6 is 22.0 Å². The summed E-state index contributed by atoms with van der Waals surface area (Å²) < 4.78 is 92.8. The number of methoxy groups -OCH3 is 1. The molecule has 0 bridgehead atoms. The molecule has 0 radical (unpaired) electrons. The van der Waals surface area contributed by atoms with Gasteiger partial charge in [0.05, 0.1) is 17.6 Å². The van der Waals surface area contributed by atoms with E-state index in [0.29, 0.717) is 5.56 Å². The molecule has 28 heavy (non-hydrogen) atoms. The lowest BCUT2D eigenvalue weighted by molar-refractivity contribution is 0.0599. The van der Waals surface area contributed by atoms with Crippen molar-refractivity contribution in [2.75, 3.05) is 13.4 Å². The van der Waals surface area contributed by atoms with Crippen LogP contribution in [0, 0.1) is 6.92 Å². The van der Waals surface area contributed by atoms with Crippen molar-refractivity contribution in [2.24, 2.45) is 0 Å². The van der Waals surface area contributed by atoms with Gasteiger partial charge in [-0.15, -0.1) is 0 Å². The van der Waals surface area contributed by atoms with Crippen LogP contribution in [-0.2, 0) is 14.6 Å². The summed E-state index contributed by atoms with van der Waals surface area (Å²) in [5.74, 6) is -0.751. The molecule has 0 aliphatic rings. The monoisotopic (exact) mass is 462 g/mol. The molecule has 0 N–H and O–H groups in total. The van der Waals surface area contributed by atoms with Crippen LogP contribution in [0.2, 0.25) is 0 Å². The molecule has 0 fully saturated rings. The summed E-state index contributed by atoms with van der Waals surface area (Å²) in [6.07, 6.45) is 0.903. The molecule has 0 unspecified atom stereocenters. The molecule has 2 aromatic carbocycles. The number of esters is 1. The average molecular weight is 462 g/mol. The summed E-state index contributed by atoms with van der Waals surface area (Å²) in [7, 11) is -12.5. The van der Waals surface area contributed by atoms with Crippen molar-refractivity contribution in [1.82, 2.24) is 0 Å². The summed E-state index contributed by atoms with van der Waals surface area (Å²) in [6, 6.07) is 4.63. The number of hydrogen-bond donors (Lipinski definition) is 0. The molecule has 0 aliphatic heterocycles. The van der Waals surface area contributed by atoms with E-state index in [1.165, 1.54) is 13.0 Å². The van der Waals surface area contributed by atoms with Crippen LogP contribution in [0.15, 0.2) is 56.0 Å². The van der Waals surface area contributed by atoms with Crippen molar-refractivity contribution < 1.29 is 37.4 Å². The summed E-state index contributed by atoms with van der Waals surface area (Å²) in [4.78, 5) is 9.75. The third kappa shape index (κ3) is 5.17. The van der Waals surface area contributed by atoms with Crippen LogP contribution in [0.3, 0.4) is 0 Å². The highest BCUT2D eigenvalue weighted by Gasteiger charge is 2.65. The van der Waals surface area contributed by atoms with Crippen LogP contribution in [0.5, 0.6) is 0 Å². The highest BCUT2D eigenvalue weighted by molar-refractivity contribution is 8.45. The Bertz CT molecular complexity index is 1050. The Morgan fingerprint density at radius 3 is 2.00 bits per heavy atom. The van der Waals surface area contributed by atoms with Gasteiger partial charge in [-0.2, -0.15) is 0 Å². The predicted octanol–water partition coefficient (Wildman–Crippen LogP) is 5.99. The number of halogens is 5. The lowest BCUT2D eigenvalue weighted by Crippen LogP contribution is -2.08. The fourth-order valence-electron chi connectivity index (χ4n) is 2.25. The topological polar surface area (TPSA) is 60.4 Å². The number of carbonyl (C=O) groups excluding carboxylic acids is 1. The van der Waals surface area contributed by atoms with Gasteiger partial charge in [-0.05, 0) is 48.9 Å². The Hall–Kier alpha value is -1.79. The number of ether oxygens (including phenoxy) is 1. The Labute approximate surface area is 162 Å². The zero-order chi connectivity index (χ0) is 21.6. The fraction of sp³-hybridized carbons (Fsp3) is 0.188. The lowest BCUT2D eigenvalue weighted by atomic mass is 10.1. The van der Waals surface area contributed by atoms with Gasteiger partial charge in [-0.1, -0.05) is 31.2 Å². The first kappa shape index (κ1) is 22.5. The van der Waals surface area contributed by atoms with E-state index in [2.05, 4.69) is 4.74 Å². The molecular formula is C16H15F5O4S3. The molecule has 4 nitrogen and oxygen atoms in total. The van der Waals surface area contributed by atoms with E-state index in [-0.39, 0.29) is 32.4 Å². The molecule has 0 aliphatic carbocycles. The first-order valence-electron chi connectivity index (χ1n) is 7.37. The molecule has 0 saturated heterocycles. The lowest BCUT2D eigenvalue weighted by Gasteiger charge is -2.40. The van der Waals surface area contributed by atoms with Crippen molar-refractivity contribution >= 4 is 37.8 Å². The molecular weight excluding hydrogens is 447 g/mol. The van der Waals surface area contributed by atoms with Crippen molar-refractivity contribution in [3.8, 4) is 0 Å². The highest BCUT2D eigenvalue weighted by Crippen LogP contribution is 3.02. The third-order valence-electron chi connectivity index (χ3n) is 3.59. The molecule has 0 atom stereocenters. The summed E-state index contributed by atoms with van der Waals surface area (Å²) in [5.41, 5.74) is 0.397. The molecule has 0 spiro atoms. The van der Waals surface area contributed by atoms with Gasteiger partial charge in [0.1, 0.15) is 4.90 Å². The molecule has 12 heteroatoms. The van der Waals surface area contributed by atoms with Gasteiger partial charge >= 0.3 is 16.2 Å². The molecule has 2 aromatic rings. The van der Waals surface area contributed by atoms with Crippen molar-refractivity contribution in [3.63, 3.8) is 0 Å². The Morgan fingerprint density at radius 2 is 1.57 bits per heavy atom. The van der Waals surface area contributed by atoms with Crippen LogP contribution in [-0.4, -0.2) is 27.8 Å². The number of sulfone groups is 1. The number of aryl methyl sites for hydroxylation is 1. The smallest absolute Gasteiger partial charge is 0.338 e. The summed E-state index contributed by atoms with van der Waals surface area (Å²) in [5, 5.41) is 0. The Kier molecular flexibility index (Phi) is 5.11. The second kappa shape index (κ2) is 6.36. The van der Waals surface area contributed by atoms with E-state index in [9.17, 15) is 32.6 Å². The predicted molar refractivity (Wildman–Crippen MR) is 97.6 cm³/mol. The summed E-state index contributed by atoms with van der Waals surface area (Å²) in [6.45, 7) is 1.53. The van der Waals surface area contributed by atoms with Gasteiger partial charge in [0.15, 0.2) is 9.84 Å². The largest absolute Gasteiger partial charge is 0.465 e. The SMILES string of the molecule is COC(=O)c1cc(S(C)(=O)=O)c(Sc2ccc(S(F)(F)(F)(F)F)cc2)cc1C. The maximum Gasteiger partial charge on any atom is 0.338 e. The quantitative estimate of drug-likeness (QED) is 0.403. The minimum absolute atomic E-state index is 0.0172. The average Bonchev–Trinajstić information content (AvgIpc) is 2.51. The first-order valence-corrected chi connectivity index (χ1v) is 12.0. The molecule has 0 aromatic heterocycles. The van der Waals surface area contributed by atoms with Gasteiger partial charge in [-0.25, -0.2) is 13.2 Å². The van der Waals surface area contributed by atoms with E-state index in [0.717, 1.165) is 43.3 Å². The zero-order valence-corrected chi connectivity index (χ0v) is 17.2. The fourth-order valence-corrected chi connectivity index (χ4v) is 5.16. The van der Waals surface area contributed by atoms with Gasteiger partial charge in [0, 0.05) is 16.0 Å². The van der Waals surface area contributed by atoms with E-state index < -0.39 is 30.9 Å². The van der Waals surface area contributed by atoms with Gasteiger partial charge in [-0.3, -0.25) is 0 Å². The molecule has 0 amide bonds. The second-order valence-electron chi connectivity index (χ2n) is 5.92. The van der Waals surface area contributed by atoms with Crippen LogP contribution in [0.4, 0.5) is 19.4 Å². The number of rotatable bonds is 5. The number of benzene rings is 2. The minimum Gasteiger partial charge on any atom is -0.465 e.